The molecular formula is C13H13IN2OS. The minimum atomic E-state index is 0.120. The van der Waals surface area contributed by atoms with Gasteiger partial charge in [0.05, 0.1) is 5.69 Å². The largest absolute Gasteiger partial charge is 0.293 e. The molecule has 0 saturated heterocycles. The highest BCUT2D eigenvalue weighted by Gasteiger charge is 2.15. The number of rotatable bonds is 5. The van der Waals surface area contributed by atoms with Crippen LogP contribution in [-0.4, -0.2) is 15.4 Å². The van der Waals surface area contributed by atoms with Gasteiger partial charge in [0.1, 0.15) is 4.88 Å². The summed E-state index contributed by atoms with van der Waals surface area (Å²) in [5.41, 5.74) is 1.88. The lowest BCUT2D eigenvalue weighted by atomic mass is 10.1. The molecule has 18 heavy (non-hydrogen) atoms. The van der Waals surface area contributed by atoms with Crippen molar-refractivity contribution in [2.75, 3.05) is 0 Å². The molecule has 1 aromatic heterocycles. The molecule has 1 heterocycles. The van der Waals surface area contributed by atoms with E-state index in [1.165, 1.54) is 15.1 Å². The number of hydrogen-bond acceptors (Lipinski definition) is 4. The van der Waals surface area contributed by atoms with Crippen molar-refractivity contribution in [2.45, 2.75) is 26.2 Å². The maximum Gasteiger partial charge on any atom is 0.180 e. The van der Waals surface area contributed by atoms with Gasteiger partial charge in [-0.05, 0) is 58.2 Å². The lowest BCUT2D eigenvalue weighted by molar-refractivity contribution is 0.0996. The number of halogens is 1. The third-order valence-corrected chi connectivity index (χ3v) is 4.10. The number of ketones is 1. The highest BCUT2D eigenvalue weighted by atomic mass is 127. The van der Waals surface area contributed by atoms with Crippen LogP contribution in [0.1, 0.15) is 34.3 Å². The molecule has 2 rings (SSSR count). The quantitative estimate of drug-likeness (QED) is 0.596. The smallest absolute Gasteiger partial charge is 0.180 e. The summed E-state index contributed by atoms with van der Waals surface area (Å²) in [7, 11) is 0. The van der Waals surface area contributed by atoms with E-state index in [2.05, 4.69) is 39.1 Å². The number of aryl methyl sites for hydroxylation is 1. The van der Waals surface area contributed by atoms with Crippen LogP contribution < -0.4 is 0 Å². The normalized spacial score (nSPS) is 10.6. The van der Waals surface area contributed by atoms with Crippen LogP contribution in [-0.2, 0) is 12.8 Å². The highest BCUT2D eigenvalue weighted by molar-refractivity contribution is 14.1. The maximum atomic E-state index is 12.2. The van der Waals surface area contributed by atoms with Gasteiger partial charge in [0, 0.05) is 9.99 Å². The number of nitrogens with zero attached hydrogens (tertiary/aromatic N) is 2. The second-order valence-corrected chi connectivity index (χ2v) is 6.02. The number of Topliss-reactive ketones (excluding diaryl/α,β-unsaturated/α-hetero) is 1. The van der Waals surface area contributed by atoms with E-state index in [-0.39, 0.29) is 5.78 Å². The number of carbonyl (C=O) groups excluding carboxylic acids is 1. The van der Waals surface area contributed by atoms with Crippen LogP contribution >= 0.6 is 34.1 Å². The molecule has 3 nitrogen and oxygen atoms in total. The third-order valence-electron chi connectivity index (χ3n) is 2.57. The Kier molecular flexibility index (Phi) is 4.82. The lowest BCUT2D eigenvalue weighted by Crippen LogP contribution is -2.04. The van der Waals surface area contributed by atoms with Crippen molar-refractivity contribution in [3.63, 3.8) is 0 Å². The Hall–Kier alpha value is -0.820. The van der Waals surface area contributed by atoms with Gasteiger partial charge in [-0.15, -0.1) is 5.10 Å². The molecule has 2 aromatic rings. The third kappa shape index (κ3) is 3.35. The second kappa shape index (κ2) is 6.38. The monoisotopic (exact) mass is 372 g/mol. The van der Waals surface area contributed by atoms with E-state index in [1.807, 2.05) is 24.3 Å². The van der Waals surface area contributed by atoms with E-state index in [1.54, 1.807) is 0 Å². The standard InChI is InChI=1S/C13H13IN2OS/c1-2-3-11-13(18-16-15-11)12(17)8-9-4-6-10(14)7-5-9/h4-7H,2-3,8H2,1H3. The number of benzene rings is 1. The van der Waals surface area contributed by atoms with Gasteiger partial charge in [-0.2, -0.15) is 0 Å². The summed E-state index contributed by atoms with van der Waals surface area (Å²) in [6.45, 7) is 2.08. The van der Waals surface area contributed by atoms with Crippen molar-refractivity contribution in [3.05, 3.63) is 44.0 Å². The predicted molar refractivity (Wildman–Crippen MR) is 81.1 cm³/mol. The van der Waals surface area contributed by atoms with Crippen molar-refractivity contribution in [1.29, 1.82) is 0 Å². The second-order valence-electron chi connectivity index (χ2n) is 4.03. The Morgan fingerprint density at radius 2 is 2.06 bits per heavy atom. The zero-order chi connectivity index (χ0) is 13.0. The van der Waals surface area contributed by atoms with Crippen molar-refractivity contribution < 1.29 is 4.79 Å². The molecule has 0 bridgehead atoms. The molecule has 0 fully saturated rings. The van der Waals surface area contributed by atoms with E-state index >= 15 is 0 Å². The van der Waals surface area contributed by atoms with Crippen LogP contribution in [0.2, 0.25) is 0 Å². The van der Waals surface area contributed by atoms with E-state index in [0.29, 0.717) is 6.42 Å². The van der Waals surface area contributed by atoms with E-state index in [9.17, 15) is 4.79 Å². The minimum Gasteiger partial charge on any atom is -0.293 e. The van der Waals surface area contributed by atoms with Gasteiger partial charge in [0.2, 0.25) is 0 Å². The van der Waals surface area contributed by atoms with Gasteiger partial charge in [0.25, 0.3) is 0 Å². The summed E-state index contributed by atoms with van der Waals surface area (Å²) in [6.07, 6.45) is 2.23. The van der Waals surface area contributed by atoms with Crippen molar-refractivity contribution >= 4 is 39.9 Å². The first-order valence-electron chi connectivity index (χ1n) is 5.79. The fourth-order valence-electron chi connectivity index (χ4n) is 1.69. The van der Waals surface area contributed by atoms with Gasteiger partial charge < -0.3 is 0 Å². The van der Waals surface area contributed by atoms with Crippen molar-refractivity contribution in [3.8, 4) is 0 Å². The summed E-state index contributed by atoms with van der Waals surface area (Å²) in [4.78, 5) is 12.9. The van der Waals surface area contributed by atoms with Gasteiger partial charge >= 0.3 is 0 Å². The fraction of sp³-hybridized carbons (Fsp3) is 0.308. The van der Waals surface area contributed by atoms with Crippen LogP contribution in [0.15, 0.2) is 24.3 Å². The predicted octanol–water partition coefficient (Wildman–Crippen LogP) is 3.52. The molecule has 0 atom stereocenters. The van der Waals surface area contributed by atoms with Crippen LogP contribution in [0.4, 0.5) is 0 Å². The molecule has 0 amide bonds. The SMILES string of the molecule is CCCc1nnsc1C(=O)Cc1ccc(I)cc1. The molecule has 0 aliphatic carbocycles. The van der Waals surface area contributed by atoms with Gasteiger partial charge in [-0.25, -0.2) is 0 Å². The Balaban J connectivity index is 2.11. The Morgan fingerprint density at radius 1 is 1.33 bits per heavy atom. The number of carbonyl (C=O) groups is 1. The topological polar surface area (TPSA) is 42.9 Å². The van der Waals surface area contributed by atoms with E-state index in [0.717, 1.165) is 29.0 Å². The Bertz CT molecular complexity index is 536. The molecule has 0 radical (unpaired) electrons. The molecule has 1 aromatic carbocycles. The van der Waals surface area contributed by atoms with Crippen LogP contribution in [0, 0.1) is 3.57 Å². The van der Waals surface area contributed by atoms with Crippen LogP contribution in [0.3, 0.4) is 0 Å². The van der Waals surface area contributed by atoms with Crippen molar-refractivity contribution in [1.82, 2.24) is 9.59 Å². The summed E-state index contributed by atoms with van der Waals surface area (Å²) < 4.78 is 5.06. The molecule has 0 aliphatic heterocycles. The van der Waals surface area contributed by atoms with Crippen LogP contribution in [0.5, 0.6) is 0 Å². The molecule has 0 aliphatic rings. The first-order valence-corrected chi connectivity index (χ1v) is 7.64. The average Bonchev–Trinajstić information content (AvgIpc) is 2.81. The molecular weight excluding hydrogens is 359 g/mol. The van der Waals surface area contributed by atoms with Gasteiger partial charge in [-0.1, -0.05) is 30.0 Å². The molecule has 0 N–H and O–H groups in total. The Morgan fingerprint density at radius 3 is 2.72 bits per heavy atom. The van der Waals surface area contributed by atoms with E-state index in [4.69, 9.17) is 0 Å². The first-order chi connectivity index (χ1) is 8.70. The molecule has 0 spiro atoms. The lowest BCUT2D eigenvalue weighted by Gasteiger charge is -2.01. The summed E-state index contributed by atoms with van der Waals surface area (Å²) in [5.74, 6) is 0.120. The zero-order valence-electron chi connectivity index (χ0n) is 10.0. The molecule has 0 saturated carbocycles. The van der Waals surface area contributed by atoms with Gasteiger partial charge in [0.15, 0.2) is 5.78 Å². The summed E-state index contributed by atoms with van der Waals surface area (Å²) >= 11 is 3.46. The van der Waals surface area contributed by atoms with E-state index < -0.39 is 0 Å². The summed E-state index contributed by atoms with van der Waals surface area (Å²) in [6, 6.07) is 8.02. The first kappa shape index (κ1) is 13.6. The number of hydrogen-bond donors (Lipinski definition) is 0. The maximum absolute atomic E-state index is 12.2. The Labute approximate surface area is 124 Å². The zero-order valence-corrected chi connectivity index (χ0v) is 13.0. The minimum absolute atomic E-state index is 0.120. The fourth-order valence-corrected chi connectivity index (χ4v) is 2.69. The summed E-state index contributed by atoms with van der Waals surface area (Å²) in [5, 5.41) is 4.03. The molecule has 94 valence electrons. The van der Waals surface area contributed by atoms with Gasteiger partial charge in [-0.3, -0.25) is 4.79 Å². The average molecular weight is 372 g/mol. The number of aromatic nitrogens is 2. The molecule has 5 heteroatoms. The van der Waals surface area contributed by atoms with Crippen LogP contribution in [0.25, 0.3) is 0 Å². The molecule has 0 unspecified atom stereocenters. The van der Waals surface area contributed by atoms with Crippen molar-refractivity contribution in [2.24, 2.45) is 0 Å². The highest BCUT2D eigenvalue weighted by Crippen LogP contribution is 2.16.